The van der Waals surface area contributed by atoms with Crippen LogP contribution in [0.25, 0.3) is 81.8 Å². The van der Waals surface area contributed by atoms with E-state index in [1.165, 1.54) is 128 Å². The Bertz CT molecular complexity index is 3370. The fraction of sp³-hybridized carbons (Fsp3) is 0.349. The van der Waals surface area contributed by atoms with Crippen molar-refractivity contribution >= 4 is 95.0 Å². The third-order valence-corrected chi connectivity index (χ3v) is 20.4. The van der Waals surface area contributed by atoms with Crippen molar-refractivity contribution in [1.29, 1.82) is 0 Å². The zero-order valence-corrected chi connectivity index (χ0v) is 46.9. The number of thiophene rings is 5. The minimum absolute atomic E-state index is 0.0987. The quantitative estimate of drug-likeness (QED) is 0.0980. The second-order valence-electron chi connectivity index (χ2n) is 21.4. The summed E-state index contributed by atoms with van der Waals surface area (Å²) in [6, 6.07) is 36.3. The van der Waals surface area contributed by atoms with Crippen molar-refractivity contribution in [3.05, 3.63) is 141 Å². The summed E-state index contributed by atoms with van der Waals surface area (Å²) in [6.07, 6.45) is 12.4. The number of aryl methyl sites for hydroxylation is 2. The van der Waals surface area contributed by atoms with Gasteiger partial charge in [0, 0.05) is 43.9 Å². The number of carboxylic acids is 1. The van der Waals surface area contributed by atoms with Gasteiger partial charge in [-0.2, -0.15) is 0 Å². The van der Waals surface area contributed by atoms with Crippen LogP contribution in [0.3, 0.4) is 0 Å². The molecule has 362 valence electrons. The molecule has 4 aromatic carbocycles. The van der Waals surface area contributed by atoms with Crippen molar-refractivity contribution in [1.82, 2.24) is 0 Å². The number of carboxylic acid groups (broad SMARTS) is 1. The smallest absolute Gasteiger partial charge is 0.335 e. The van der Waals surface area contributed by atoms with Crippen LogP contribution in [0.4, 0.5) is 0 Å². The highest BCUT2D eigenvalue weighted by molar-refractivity contribution is 7.30. The van der Waals surface area contributed by atoms with Crippen LogP contribution in [0.1, 0.15) is 150 Å². The molecule has 0 amide bonds. The van der Waals surface area contributed by atoms with Gasteiger partial charge in [0.2, 0.25) is 0 Å². The second-order valence-corrected chi connectivity index (χ2v) is 26.6. The zero-order chi connectivity index (χ0) is 49.5. The topological polar surface area (TPSA) is 37.3 Å². The lowest BCUT2D eigenvalue weighted by Gasteiger charge is -2.23. The van der Waals surface area contributed by atoms with Gasteiger partial charge in [-0.1, -0.05) is 130 Å². The van der Waals surface area contributed by atoms with Crippen molar-refractivity contribution in [2.75, 3.05) is 0 Å². The predicted octanol–water partition coefficient (Wildman–Crippen LogP) is 21.5. The van der Waals surface area contributed by atoms with E-state index in [2.05, 4.69) is 153 Å². The van der Waals surface area contributed by atoms with Crippen molar-refractivity contribution in [2.24, 2.45) is 0 Å². The van der Waals surface area contributed by atoms with E-state index in [0.29, 0.717) is 5.56 Å². The number of benzene rings is 3. The molecule has 5 aromatic heterocycles. The highest BCUT2D eigenvalue weighted by Gasteiger charge is 2.25. The van der Waals surface area contributed by atoms with Gasteiger partial charge in [0.1, 0.15) is 0 Å². The van der Waals surface area contributed by atoms with E-state index >= 15 is 0 Å². The number of rotatable bonds is 16. The van der Waals surface area contributed by atoms with Crippen LogP contribution in [0.2, 0.25) is 0 Å². The van der Waals surface area contributed by atoms with Crippen molar-refractivity contribution < 1.29 is 9.90 Å². The number of carbonyl (C=O) groups is 1. The normalized spacial score (nSPS) is 12.3. The Kier molecular flexibility index (Phi) is 15.0. The molecule has 0 saturated carbocycles. The molecule has 9 aromatic rings. The molecular formula is C63H68O2S5. The van der Waals surface area contributed by atoms with Crippen molar-refractivity contribution in [3.8, 4) is 49.5 Å². The number of aromatic carboxylic acids is 1. The Morgan fingerprint density at radius 1 is 0.486 bits per heavy atom. The molecule has 0 aliphatic heterocycles. The summed E-state index contributed by atoms with van der Waals surface area (Å²) in [7, 11) is 0. The largest absolute Gasteiger partial charge is 0.478 e. The molecule has 2 nitrogen and oxygen atoms in total. The minimum Gasteiger partial charge on any atom is -0.478 e. The van der Waals surface area contributed by atoms with Gasteiger partial charge in [-0.05, 0) is 188 Å². The van der Waals surface area contributed by atoms with E-state index in [1.807, 2.05) is 68.8 Å². The molecule has 0 atom stereocenters. The summed E-state index contributed by atoms with van der Waals surface area (Å²) in [6.45, 7) is 22.8. The van der Waals surface area contributed by atoms with Gasteiger partial charge in [0.25, 0.3) is 0 Å². The predicted molar refractivity (Wildman–Crippen MR) is 314 cm³/mol. The molecule has 5 heterocycles. The number of fused-ring (bicyclic) bond motifs is 7. The van der Waals surface area contributed by atoms with Crippen molar-refractivity contribution in [3.63, 3.8) is 0 Å². The molecule has 0 radical (unpaired) electrons. The Labute approximate surface area is 436 Å². The highest BCUT2D eigenvalue weighted by Crippen LogP contribution is 2.51. The van der Waals surface area contributed by atoms with Gasteiger partial charge in [0.05, 0.1) is 5.56 Å². The van der Waals surface area contributed by atoms with Gasteiger partial charge in [-0.15, -0.1) is 56.7 Å². The van der Waals surface area contributed by atoms with Crippen LogP contribution in [-0.2, 0) is 23.7 Å². The van der Waals surface area contributed by atoms with E-state index in [1.54, 1.807) is 17.2 Å². The molecular weight excluding hydrogens is 949 g/mol. The Balaban J connectivity index is 1.22. The first kappa shape index (κ1) is 50.3. The molecule has 9 rings (SSSR count). The summed E-state index contributed by atoms with van der Waals surface area (Å²) in [4.78, 5) is 24.9. The summed E-state index contributed by atoms with van der Waals surface area (Å²) in [5.41, 5.74) is 9.32. The third kappa shape index (κ3) is 10.3. The SMILES string of the molecule is CCCCCCc1c(-c2ccc(-c3cccs3)s2)sc(-c2ccc(-c3ccc(-c4cc5cc(C(C)(C)C)cc(c5C)c5ccc(C(=O)O)cc5c5cc(C(C)(C)C)cc4c5C)s3)s2)c1CCCCCC. The fourth-order valence-electron chi connectivity index (χ4n) is 9.98. The number of unbranched alkanes of at least 4 members (excludes halogenated alkanes) is 6. The standard InChI is InChI=1S/C63H68O2S5/c1-11-13-15-17-20-45-46(21-18-16-14-12-2)60(70-59(45)57-29-27-54(68-57)53-22-19-31-66-53)58-30-28-56(69-58)55-26-25-52(67-55)51-34-41-32-42(62(5,6)7)35-47(38(41)3)44-24-23-40(61(64)65)33-50(44)48-36-43(63(8,9)10)37-49(51)39(48)4/h19,22-37H,11-18,20-21H2,1-10H3,(H,64,65). The summed E-state index contributed by atoms with van der Waals surface area (Å²) >= 11 is 9.69. The first-order valence-corrected chi connectivity index (χ1v) is 29.6. The maximum absolute atomic E-state index is 12.6. The average Bonchev–Trinajstić information content (AvgIpc) is 4.19. The molecule has 0 spiro atoms. The van der Waals surface area contributed by atoms with E-state index in [4.69, 9.17) is 0 Å². The number of hydrogen-bond acceptors (Lipinski definition) is 6. The van der Waals surface area contributed by atoms with Gasteiger partial charge in [0.15, 0.2) is 0 Å². The van der Waals surface area contributed by atoms with Crippen LogP contribution in [-0.4, -0.2) is 11.1 Å². The molecule has 0 saturated heterocycles. The lowest BCUT2D eigenvalue weighted by atomic mass is 9.81. The molecule has 0 fully saturated rings. The van der Waals surface area contributed by atoms with E-state index in [0.717, 1.165) is 39.9 Å². The molecule has 1 N–H and O–H groups in total. The van der Waals surface area contributed by atoms with Crippen LogP contribution >= 0.6 is 56.7 Å². The Morgan fingerprint density at radius 3 is 1.54 bits per heavy atom. The fourth-order valence-corrected chi connectivity index (χ4v) is 15.6. The van der Waals surface area contributed by atoms with Gasteiger partial charge in [-0.25, -0.2) is 4.79 Å². The van der Waals surface area contributed by atoms with Gasteiger partial charge in [-0.3, -0.25) is 0 Å². The van der Waals surface area contributed by atoms with E-state index < -0.39 is 5.97 Å². The van der Waals surface area contributed by atoms with Crippen molar-refractivity contribution in [2.45, 2.75) is 144 Å². The molecule has 70 heavy (non-hydrogen) atoms. The summed E-state index contributed by atoms with van der Waals surface area (Å²) in [5, 5.41) is 19.2. The number of hydrogen-bond donors (Lipinski definition) is 1. The van der Waals surface area contributed by atoms with Crippen LogP contribution < -0.4 is 0 Å². The first-order valence-electron chi connectivity index (χ1n) is 25.4. The summed E-state index contributed by atoms with van der Waals surface area (Å²) < 4.78 is 0. The molecule has 0 unspecified atom stereocenters. The van der Waals surface area contributed by atoms with E-state index in [9.17, 15) is 9.90 Å². The van der Waals surface area contributed by atoms with Crippen LogP contribution in [0.15, 0.2) is 102 Å². The molecule has 0 aliphatic carbocycles. The maximum atomic E-state index is 12.6. The van der Waals surface area contributed by atoms with Gasteiger partial charge >= 0.3 is 5.97 Å². The molecule has 4 bridgehead atoms. The Hall–Kier alpha value is -4.63. The minimum atomic E-state index is -0.912. The average molecular weight is 1020 g/mol. The van der Waals surface area contributed by atoms with Crippen LogP contribution in [0.5, 0.6) is 0 Å². The van der Waals surface area contributed by atoms with Gasteiger partial charge < -0.3 is 5.11 Å². The molecule has 0 aliphatic rings. The highest BCUT2D eigenvalue weighted by atomic mass is 32.1. The van der Waals surface area contributed by atoms with E-state index in [-0.39, 0.29) is 10.8 Å². The molecule has 7 heteroatoms. The second kappa shape index (κ2) is 20.8. The first-order chi connectivity index (χ1) is 33.5. The lowest BCUT2D eigenvalue weighted by Crippen LogP contribution is -2.11. The van der Waals surface area contributed by atoms with Crippen LogP contribution in [0, 0.1) is 13.8 Å². The maximum Gasteiger partial charge on any atom is 0.335 e. The zero-order valence-electron chi connectivity index (χ0n) is 42.8. The Morgan fingerprint density at radius 2 is 1.00 bits per heavy atom. The lowest BCUT2D eigenvalue weighted by molar-refractivity contribution is 0.0697. The monoisotopic (exact) mass is 1020 g/mol. The third-order valence-electron chi connectivity index (χ3n) is 14.2. The summed E-state index contributed by atoms with van der Waals surface area (Å²) in [5.74, 6) is -0.912.